The van der Waals surface area contributed by atoms with Gasteiger partial charge < -0.3 is 0 Å². The van der Waals surface area contributed by atoms with Gasteiger partial charge in [-0.15, -0.1) is 0 Å². The van der Waals surface area contributed by atoms with Gasteiger partial charge in [-0.1, -0.05) is 80.4 Å². The molecule has 160 valence electrons. The maximum atomic E-state index is 13.2. The summed E-state index contributed by atoms with van der Waals surface area (Å²) in [5, 5.41) is 0. The smallest absolute Gasteiger partial charge is 0.140 e. The van der Waals surface area contributed by atoms with Gasteiger partial charge in [-0.2, -0.15) is 0 Å². The van der Waals surface area contributed by atoms with Crippen molar-refractivity contribution in [3.05, 3.63) is 95.3 Å². The average molecular weight is 415 g/mol. The molecule has 1 fully saturated rings. The topological polar surface area (TPSA) is 17.1 Å². The molecule has 0 N–H and O–H groups in total. The van der Waals surface area contributed by atoms with E-state index in [-0.39, 0.29) is 23.4 Å². The van der Waals surface area contributed by atoms with Crippen molar-refractivity contribution in [1.29, 1.82) is 0 Å². The van der Waals surface area contributed by atoms with Crippen molar-refractivity contribution in [2.24, 2.45) is 0 Å². The first-order valence-corrected chi connectivity index (χ1v) is 11.6. The minimum Gasteiger partial charge on any atom is -0.299 e. The third-order valence-electron chi connectivity index (χ3n) is 6.65. The first-order chi connectivity index (χ1) is 15.1. The molecule has 0 spiro atoms. The number of ketones is 1. The number of carbonyl (C=O) groups is 1. The van der Waals surface area contributed by atoms with E-state index in [9.17, 15) is 9.18 Å². The molecule has 1 aliphatic rings. The summed E-state index contributed by atoms with van der Waals surface area (Å²) in [5.74, 6) is 0.202. The predicted molar refractivity (Wildman–Crippen MR) is 126 cm³/mol. The van der Waals surface area contributed by atoms with Crippen LogP contribution in [0.15, 0.2) is 72.8 Å². The van der Waals surface area contributed by atoms with Gasteiger partial charge in [0.05, 0.1) is 0 Å². The van der Waals surface area contributed by atoms with Crippen LogP contribution in [0.25, 0.3) is 11.1 Å². The highest BCUT2D eigenvalue weighted by Gasteiger charge is 2.30. The first-order valence-electron chi connectivity index (χ1n) is 11.6. The number of aryl methyl sites for hydroxylation is 1. The summed E-state index contributed by atoms with van der Waals surface area (Å²) in [6.45, 7) is 2.24. The van der Waals surface area contributed by atoms with E-state index in [4.69, 9.17) is 0 Å². The van der Waals surface area contributed by atoms with E-state index in [2.05, 4.69) is 55.5 Å². The third-order valence-corrected chi connectivity index (χ3v) is 6.65. The van der Waals surface area contributed by atoms with Gasteiger partial charge in [-0.25, -0.2) is 4.39 Å². The molecule has 0 unspecified atom stereocenters. The molecule has 2 heteroatoms. The Hall–Kier alpha value is -2.74. The molecule has 3 aromatic carbocycles. The number of rotatable bonds is 7. The molecular formula is C29H31FO. The monoisotopic (exact) mass is 414 g/mol. The van der Waals surface area contributed by atoms with Gasteiger partial charge in [-0.05, 0) is 71.6 Å². The summed E-state index contributed by atoms with van der Waals surface area (Å²) in [7, 11) is 0. The zero-order valence-electron chi connectivity index (χ0n) is 18.3. The van der Waals surface area contributed by atoms with E-state index >= 15 is 0 Å². The van der Waals surface area contributed by atoms with Crippen LogP contribution in [0.3, 0.4) is 0 Å². The van der Waals surface area contributed by atoms with E-state index in [1.54, 1.807) is 12.1 Å². The molecule has 1 aliphatic carbocycles. The lowest BCUT2D eigenvalue weighted by Crippen LogP contribution is -2.22. The summed E-state index contributed by atoms with van der Waals surface area (Å²) < 4.78 is 13.2. The van der Waals surface area contributed by atoms with Crippen molar-refractivity contribution < 1.29 is 9.18 Å². The Balaban J connectivity index is 1.38. The van der Waals surface area contributed by atoms with Gasteiger partial charge in [0, 0.05) is 12.3 Å². The van der Waals surface area contributed by atoms with E-state index in [1.807, 2.05) is 0 Å². The van der Waals surface area contributed by atoms with Crippen LogP contribution in [0.5, 0.6) is 0 Å². The fourth-order valence-electron chi connectivity index (χ4n) is 4.74. The SMILES string of the molecule is CCCCCc1ccc(-c2ccc([C@@H]3CC[C@@H](c4ccc(F)cc4)C(=O)C3)cc2)cc1. The average Bonchev–Trinajstić information content (AvgIpc) is 2.81. The highest BCUT2D eigenvalue weighted by Crippen LogP contribution is 2.38. The van der Waals surface area contributed by atoms with Crippen molar-refractivity contribution in [3.8, 4) is 11.1 Å². The lowest BCUT2D eigenvalue weighted by molar-refractivity contribution is -0.122. The molecule has 31 heavy (non-hydrogen) atoms. The lowest BCUT2D eigenvalue weighted by Gasteiger charge is -2.28. The normalized spacial score (nSPS) is 18.8. The van der Waals surface area contributed by atoms with E-state index in [0.717, 1.165) is 24.8 Å². The standard InChI is InChI=1S/C29H31FO/c1-2-3-4-5-21-6-8-22(9-7-21)23-10-12-24(13-11-23)26-16-19-28(29(31)20-26)25-14-17-27(30)18-15-25/h6-15,17-18,26,28H,2-5,16,19-20H2,1H3/t26-,28+/m1/s1. The molecule has 1 nitrogen and oxygen atoms in total. The lowest BCUT2D eigenvalue weighted by atomic mass is 9.75. The fourth-order valence-corrected chi connectivity index (χ4v) is 4.74. The Morgan fingerprint density at radius 3 is 2.00 bits per heavy atom. The summed E-state index contributed by atoms with van der Waals surface area (Å²) in [6, 6.07) is 24.0. The second-order valence-corrected chi connectivity index (χ2v) is 8.82. The molecular weight excluding hydrogens is 383 g/mol. The third kappa shape index (κ3) is 5.31. The molecule has 2 atom stereocenters. The second kappa shape index (κ2) is 10.0. The number of Topliss-reactive ketones (excluding diaryl/α,β-unsaturated/α-hetero) is 1. The Kier molecular flexibility index (Phi) is 6.96. The van der Waals surface area contributed by atoms with E-state index in [1.165, 1.54) is 53.6 Å². The molecule has 0 aromatic heterocycles. The van der Waals surface area contributed by atoms with Gasteiger partial charge in [0.25, 0.3) is 0 Å². The van der Waals surface area contributed by atoms with Crippen molar-refractivity contribution in [2.75, 3.05) is 0 Å². The minimum atomic E-state index is -0.254. The van der Waals surface area contributed by atoms with Crippen LogP contribution in [0.2, 0.25) is 0 Å². The Morgan fingerprint density at radius 1 is 0.774 bits per heavy atom. The minimum absolute atomic E-state index is 0.0908. The van der Waals surface area contributed by atoms with Crippen LogP contribution in [0, 0.1) is 5.82 Å². The van der Waals surface area contributed by atoms with Crippen LogP contribution in [0.1, 0.15) is 74.0 Å². The number of halogens is 1. The summed E-state index contributed by atoms with van der Waals surface area (Å²) in [5.41, 5.74) is 6.05. The molecule has 0 radical (unpaired) electrons. The van der Waals surface area contributed by atoms with Crippen molar-refractivity contribution in [3.63, 3.8) is 0 Å². The molecule has 1 saturated carbocycles. The Bertz CT molecular complexity index is 986. The van der Waals surface area contributed by atoms with Crippen LogP contribution in [0.4, 0.5) is 4.39 Å². The molecule has 0 amide bonds. The van der Waals surface area contributed by atoms with Gasteiger partial charge in [0.2, 0.25) is 0 Å². The van der Waals surface area contributed by atoms with Crippen LogP contribution in [-0.4, -0.2) is 5.78 Å². The molecule has 3 aromatic rings. The van der Waals surface area contributed by atoms with Crippen molar-refractivity contribution >= 4 is 5.78 Å². The van der Waals surface area contributed by atoms with Gasteiger partial charge in [0.1, 0.15) is 11.6 Å². The highest BCUT2D eigenvalue weighted by atomic mass is 19.1. The zero-order valence-corrected chi connectivity index (χ0v) is 18.3. The van der Waals surface area contributed by atoms with Gasteiger partial charge in [0.15, 0.2) is 0 Å². The second-order valence-electron chi connectivity index (χ2n) is 8.82. The van der Waals surface area contributed by atoms with Crippen molar-refractivity contribution in [2.45, 2.75) is 63.7 Å². The zero-order chi connectivity index (χ0) is 21.6. The first kappa shape index (κ1) is 21.5. The number of carbonyl (C=O) groups excluding carboxylic acids is 1. The predicted octanol–water partition coefficient (Wildman–Crippen LogP) is 7.85. The number of hydrogen-bond donors (Lipinski definition) is 0. The molecule has 0 heterocycles. The molecule has 0 bridgehead atoms. The van der Waals surface area contributed by atoms with Gasteiger partial charge in [-0.3, -0.25) is 4.79 Å². The number of benzene rings is 3. The molecule has 4 rings (SSSR count). The van der Waals surface area contributed by atoms with Crippen LogP contribution in [-0.2, 0) is 11.2 Å². The summed E-state index contributed by atoms with van der Waals surface area (Å²) in [4.78, 5) is 12.8. The Labute approximate surface area is 185 Å². The largest absolute Gasteiger partial charge is 0.299 e. The van der Waals surface area contributed by atoms with E-state index < -0.39 is 0 Å². The van der Waals surface area contributed by atoms with Crippen molar-refractivity contribution in [1.82, 2.24) is 0 Å². The maximum absolute atomic E-state index is 13.2. The number of hydrogen-bond acceptors (Lipinski definition) is 1. The summed E-state index contributed by atoms with van der Waals surface area (Å²) in [6.07, 6.45) is 7.33. The maximum Gasteiger partial charge on any atom is 0.140 e. The fraction of sp³-hybridized carbons (Fsp3) is 0.345. The molecule has 0 aliphatic heterocycles. The highest BCUT2D eigenvalue weighted by molar-refractivity contribution is 5.87. The van der Waals surface area contributed by atoms with Gasteiger partial charge >= 0.3 is 0 Å². The van der Waals surface area contributed by atoms with Crippen LogP contribution >= 0.6 is 0 Å². The van der Waals surface area contributed by atoms with E-state index in [0.29, 0.717) is 6.42 Å². The molecule has 0 saturated heterocycles. The Morgan fingerprint density at radius 2 is 1.39 bits per heavy atom. The number of unbranched alkanes of at least 4 members (excludes halogenated alkanes) is 2. The quantitative estimate of drug-likeness (QED) is 0.360. The van der Waals surface area contributed by atoms with Crippen LogP contribution < -0.4 is 0 Å². The summed E-state index contributed by atoms with van der Waals surface area (Å²) >= 11 is 0.